The predicted octanol–water partition coefficient (Wildman–Crippen LogP) is 5.25. The van der Waals surface area contributed by atoms with Crippen LogP contribution in [0.3, 0.4) is 0 Å². The zero-order valence-corrected chi connectivity index (χ0v) is 13.2. The molecule has 19 heavy (non-hydrogen) atoms. The van der Waals surface area contributed by atoms with E-state index >= 15 is 0 Å². The van der Waals surface area contributed by atoms with Gasteiger partial charge < -0.3 is 4.74 Å². The number of hydrogen-bond donors (Lipinski definition) is 0. The van der Waals surface area contributed by atoms with E-state index in [1.165, 1.54) is 44.9 Å². The molecule has 0 aromatic rings. The Morgan fingerprint density at radius 2 is 1.79 bits per heavy atom. The molecule has 0 aromatic carbocycles. The van der Waals surface area contributed by atoms with Crippen molar-refractivity contribution >= 4 is 5.97 Å². The monoisotopic (exact) mass is 268 g/mol. The van der Waals surface area contributed by atoms with Crippen LogP contribution < -0.4 is 0 Å². The number of carbonyl (C=O) groups is 1. The topological polar surface area (TPSA) is 26.3 Å². The van der Waals surface area contributed by atoms with Gasteiger partial charge in [-0.15, -0.1) is 0 Å². The highest BCUT2D eigenvalue weighted by Gasteiger charge is 2.30. The summed E-state index contributed by atoms with van der Waals surface area (Å²) in [6.07, 6.45) is 12.7. The summed E-state index contributed by atoms with van der Waals surface area (Å²) < 4.78 is 5.87. The summed E-state index contributed by atoms with van der Waals surface area (Å²) in [5.41, 5.74) is -0.234. The third-order valence-electron chi connectivity index (χ3n) is 4.59. The molecule has 1 saturated carbocycles. The van der Waals surface area contributed by atoms with Crippen molar-refractivity contribution < 1.29 is 9.53 Å². The van der Waals surface area contributed by atoms with Gasteiger partial charge in [0.2, 0.25) is 0 Å². The second-order valence-corrected chi connectivity index (χ2v) is 6.37. The molecule has 0 saturated heterocycles. The fourth-order valence-electron chi connectivity index (χ4n) is 2.89. The van der Waals surface area contributed by atoms with E-state index in [0.717, 1.165) is 25.7 Å². The molecule has 1 rings (SSSR count). The SMILES string of the molecule is CCCCCCC(C)(CC)OC(=O)C1CCCCC1. The van der Waals surface area contributed by atoms with Crippen molar-refractivity contribution in [2.24, 2.45) is 5.92 Å². The molecule has 2 nitrogen and oxygen atoms in total. The lowest BCUT2D eigenvalue weighted by Crippen LogP contribution is -2.34. The van der Waals surface area contributed by atoms with Crippen LogP contribution in [-0.4, -0.2) is 11.6 Å². The van der Waals surface area contributed by atoms with Crippen molar-refractivity contribution in [3.05, 3.63) is 0 Å². The van der Waals surface area contributed by atoms with Crippen LogP contribution in [0.4, 0.5) is 0 Å². The zero-order chi connectivity index (χ0) is 14.1. The summed E-state index contributed by atoms with van der Waals surface area (Å²) in [7, 11) is 0. The van der Waals surface area contributed by atoms with Crippen LogP contribution >= 0.6 is 0 Å². The van der Waals surface area contributed by atoms with E-state index in [0.29, 0.717) is 0 Å². The van der Waals surface area contributed by atoms with Crippen LogP contribution in [0.5, 0.6) is 0 Å². The molecule has 0 heterocycles. The number of esters is 1. The molecule has 0 radical (unpaired) electrons. The average Bonchev–Trinajstić information content (AvgIpc) is 2.44. The molecule has 1 atom stereocenters. The Kier molecular flexibility index (Phi) is 7.48. The lowest BCUT2D eigenvalue weighted by molar-refractivity contribution is -0.165. The standard InChI is InChI=1S/C17H32O2/c1-4-6-7-11-14-17(3,5-2)19-16(18)15-12-9-8-10-13-15/h15H,4-14H2,1-3H3. The second-order valence-electron chi connectivity index (χ2n) is 6.37. The molecule has 1 fully saturated rings. The van der Waals surface area contributed by atoms with Gasteiger partial charge in [0.25, 0.3) is 0 Å². The van der Waals surface area contributed by atoms with E-state index in [-0.39, 0.29) is 17.5 Å². The summed E-state index contributed by atoms with van der Waals surface area (Å²) in [6.45, 7) is 6.47. The molecule has 0 aromatic heterocycles. The minimum atomic E-state index is -0.234. The number of carbonyl (C=O) groups excluding carboxylic acids is 1. The Labute approximate surface area is 119 Å². The largest absolute Gasteiger partial charge is 0.459 e. The van der Waals surface area contributed by atoms with Crippen LogP contribution in [0.1, 0.15) is 91.4 Å². The second kappa shape index (κ2) is 8.60. The maximum Gasteiger partial charge on any atom is 0.309 e. The fourth-order valence-corrected chi connectivity index (χ4v) is 2.89. The van der Waals surface area contributed by atoms with E-state index in [9.17, 15) is 4.79 Å². The molecule has 0 bridgehead atoms. The molecule has 0 aliphatic heterocycles. The van der Waals surface area contributed by atoms with Gasteiger partial charge in [-0.25, -0.2) is 0 Å². The number of hydrogen-bond acceptors (Lipinski definition) is 2. The van der Waals surface area contributed by atoms with Crippen molar-refractivity contribution in [3.63, 3.8) is 0 Å². The molecule has 1 unspecified atom stereocenters. The van der Waals surface area contributed by atoms with Gasteiger partial charge in [-0.2, -0.15) is 0 Å². The van der Waals surface area contributed by atoms with Crippen molar-refractivity contribution in [2.45, 2.75) is 97.0 Å². The van der Waals surface area contributed by atoms with E-state index in [1.807, 2.05) is 0 Å². The summed E-state index contributed by atoms with van der Waals surface area (Å²) in [5.74, 6) is 0.245. The third-order valence-corrected chi connectivity index (χ3v) is 4.59. The van der Waals surface area contributed by atoms with Crippen molar-refractivity contribution in [1.82, 2.24) is 0 Å². The summed E-state index contributed by atoms with van der Waals surface area (Å²) in [4.78, 5) is 12.2. The smallest absolute Gasteiger partial charge is 0.309 e. The lowest BCUT2D eigenvalue weighted by atomic mass is 9.88. The molecule has 0 N–H and O–H groups in total. The highest BCUT2D eigenvalue weighted by molar-refractivity contribution is 5.73. The Bertz CT molecular complexity index is 256. The van der Waals surface area contributed by atoms with Crippen LogP contribution in [0.15, 0.2) is 0 Å². The summed E-state index contributed by atoms with van der Waals surface area (Å²) in [6, 6.07) is 0. The van der Waals surface area contributed by atoms with Crippen molar-refractivity contribution in [2.75, 3.05) is 0 Å². The minimum Gasteiger partial charge on any atom is -0.459 e. The molecular weight excluding hydrogens is 236 g/mol. The molecule has 1 aliphatic carbocycles. The first-order valence-corrected chi connectivity index (χ1v) is 8.34. The van der Waals surface area contributed by atoms with Crippen LogP contribution in [0, 0.1) is 5.92 Å². The molecular formula is C17H32O2. The van der Waals surface area contributed by atoms with Gasteiger partial charge in [0.05, 0.1) is 5.92 Å². The Morgan fingerprint density at radius 3 is 2.37 bits per heavy atom. The highest BCUT2D eigenvalue weighted by Crippen LogP contribution is 2.29. The van der Waals surface area contributed by atoms with E-state index < -0.39 is 0 Å². The van der Waals surface area contributed by atoms with Crippen LogP contribution in [-0.2, 0) is 9.53 Å². The van der Waals surface area contributed by atoms with Crippen LogP contribution in [0.2, 0.25) is 0 Å². The molecule has 0 spiro atoms. The first-order valence-electron chi connectivity index (χ1n) is 8.34. The maximum absolute atomic E-state index is 12.2. The van der Waals surface area contributed by atoms with Gasteiger partial charge in [-0.3, -0.25) is 4.79 Å². The van der Waals surface area contributed by atoms with E-state index in [2.05, 4.69) is 20.8 Å². The van der Waals surface area contributed by atoms with Gasteiger partial charge in [-0.1, -0.05) is 52.4 Å². The van der Waals surface area contributed by atoms with Crippen LogP contribution in [0.25, 0.3) is 0 Å². The molecule has 2 heteroatoms. The first-order chi connectivity index (χ1) is 9.11. The maximum atomic E-state index is 12.2. The number of ether oxygens (including phenoxy) is 1. The van der Waals surface area contributed by atoms with Gasteiger partial charge >= 0.3 is 5.97 Å². The van der Waals surface area contributed by atoms with Gasteiger partial charge in [0.1, 0.15) is 5.60 Å². The third kappa shape index (κ3) is 5.97. The average molecular weight is 268 g/mol. The van der Waals surface area contributed by atoms with Crippen molar-refractivity contribution in [3.8, 4) is 0 Å². The molecule has 0 amide bonds. The summed E-state index contributed by atoms with van der Waals surface area (Å²) in [5, 5.41) is 0. The van der Waals surface area contributed by atoms with Gasteiger partial charge in [-0.05, 0) is 39.0 Å². The normalized spacial score (nSPS) is 19.9. The number of rotatable bonds is 8. The molecule has 1 aliphatic rings. The number of unbranched alkanes of at least 4 members (excludes halogenated alkanes) is 3. The zero-order valence-electron chi connectivity index (χ0n) is 13.2. The van der Waals surface area contributed by atoms with Gasteiger partial charge in [0.15, 0.2) is 0 Å². The minimum absolute atomic E-state index is 0.0690. The lowest BCUT2D eigenvalue weighted by Gasteiger charge is -2.31. The van der Waals surface area contributed by atoms with Gasteiger partial charge in [0, 0.05) is 0 Å². The Hall–Kier alpha value is -0.530. The first kappa shape index (κ1) is 16.5. The quantitative estimate of drug-likeness (QED) is 0.444. The van der Waals surface area contributed by atoms with E-state index in [4.69, 9.17) is 4.74 Å². The fraction of sp³-hybridized carbons (Fsp3) is 0.941. The molecule has 112 valence electrons. The van der Waals surface area contributed by atoms with Crippen molar-refractivity contribution in [1.29, 1.82) is 0 Å². The Balaban J connectivity index is 2.37. The predicted molar refractivity (Wildman–Crippen MR) is 80.1 cm³/mol. The summed E-state index contributed by atoms with van der Waals surface area (Å²) >= 11 is 0. The highest BCUT2D eigenvalue weighted by atomic mass is 16.6. The van der Waals surface area contributed by atoms with E-state index in [1.54, 1.807) is 0 Å². The Morgan fingerprint density at radius 1 is 1.11 bits per heavy atom.